The summed E-state index contributed by atoms with van der Waals surface area (Å²) < 4.78 is 2.02. The van der Waals surface area contributed by atoms with Gasteiger partial charge in [0.05, 0.1) is 0 Å². The molecule has 1 aromatic heterocycles. The van der Waals surface area contributed by atoms with Crippen LogP contribution >= 0.6 is 0 Å². The van der Waals surface area contributed by atoms with E-state index in [-0.39, 0.29) is 16.9 Å². The Morgan fingerprint density at radius 2 is 2.22 bits per heavy atom. The molecule has 23 heavy (non-hydrogen) atoms. The van der Waals surface area contributed by atoms with Gasteiger partial charge in [-0.15, -0.1) is 12.3 Å². The molecule has 1 N–H and O–H groups in total. The smallest absolute Gasteiger partial charge is 0.256 e. The summed E-state index contributed by atoms with van der Waals surface area (Å²) in [6, 6.07) is 1.96. The van der Waals surface area contributed by atoms with Gasteiger partial charge in [0.1, 0.15) is 5.56 Å². The van der Waals surface area contributed by atoms with Crippen molar-refractivity contribution in [1.29, 1.82) is 0 Å². The van der Waals surface area contributed by atoms with Gasteiger partial charge in [0.2, 0.25) is 0 Å². The minimum atomic E-state index is -0.416. The van der Waals surface area contributed by atoms with E-state index >= 15 is 0 Å². The van der Waals surface area contributed by atoms with Crippen LogP contribution in [-0.2, 0) is 0 Å². The predicted molar refractivity (Wildman–Crippen MR) is 86.3 cm³/mol. The lowest BCUT2D eigenvalue weighted by molar-refractivity contribution is 0.0950. The third-order valence-electron chi connectivity index (χ3n) is 4.33. The maximum atomic E-state index is 12.3. The van der Waals surface area contributed by atoms with Crippen molar-refractivity contribution in [2.75, 3.05) is 6.54 Å². The highest BCUT2D eigenvalue weighted by molar-refractivity contribution is 5.93. The molecule has 0 unspecified atom stereocenters. The molecule has 1 fully saturated rings. The van der Waals surface area contributed by atoms with Crippen molar-refractivity contribution >= 4 is 5.91 Å². The van der Waals surface area contributed by atoms with Crippen molar-refractivity contribution < 1.29 is 4.79 Å². The Labute approximate surface area is 135 Å². The number of amides is 1. The first-order valence-electron chi connectivity index (χ1n) is 7.93. The summed E-state index contributed by atoms with van der Waals surface area (Å²) in [4.78, 5) is 24.3. The van der Waals surface area contributed by atoms with E-state index in [1.54, 1.807) is 6.20 Å². The fraction of sp³-hybridized carbons (Fsp3) is 0.529. The van der Waals surface area contributed by atoms with E-state index < -0.39 is 5.66 Å². The Morgan fingerprint density at radius 3 is 2.83 bits per heavy atom. The van der Waals surface area contributed by atoms with Crippen LogP contribution in [-0.4, -0.2) is 22.7 Å². The zero-order valence-corrected chi connectivity index (χ0v) is 13.2. The summed E-state index contributed by atoms with van der Waals surface area (Å²) in [7, 11) is 0. The minimum absolute atomic E-state index is 0.199. The van der Waals surface area contributed by atoms with E-state index in [9.17, 15) is 9.59 Å². The van der Waals surface area contributed by atoms with Crippen molar-refractivity contribution in [3.8, 4) is 12.3 Å². The summed E-state index contributed by atoms with van der Waals surface area (Å²) in [5.74, 6) is 2.24. The molecule has 0 bridgehead atoms. The highest BCUT2D eigenvalue weighted by Crippen LogP contribution is 2.36. The van der Waals surface area contributed by atoms with Crippen LogP contribution in [0.2, 0.25) is 0 Å². The van der Waals surface area contributed by atoms with Gasteiger partial charge in [0.25, 0.3) is 5.91 Å². The number of rotatable bonds is 7. The summed E-state index contributed by atoms with van der Waals surface area (Å²) in [6.45, 7) is 2.32. The molecular weight excluding hydrogens is 292 g/mol. The quantitative estimate of drug-likeness (QED) is 0.784. The van der Waals surface area contributed by atoms with E-state index in [4.69, 9.17) is 6.42 Å². The zero-order chi connectivity index (χ0) is 16.4. The SMILES string of the molecule is C#CCCC1(CCNC(=O)c2cn(C3CC3)c(C)cc2=O)N=N1. The van der Waals surface area contributed by atoms with Crippen LogP contribution in [0.3, 0.4) is 0 Å². The third-order valence-corrected chi connectivity index (χ3v) is 4.33. The maximum absolute atomic E-state index is 12.3. The lowest BCUT2D eigenvalue weighted by atomic mass is 10.0. The Kier molecular flexibility index (Phi) is 4.03. The monoisotopic (exact) mass is 312 g/mol. The fourth-order valence-electron chi connectivity index (χ4n) is 2.70. The Morgan fingerprint density at radius 1 is 1.48 bits per heavy atom. The standard InChI is InChI=1S/C17H20N4O2/c1-3-4-7-17(19-20-17)8-9-18-16(23)14-11-21(13-5-6-13)12(2)10-15(14)22/h1,10-11,13H,4-9H2,2H3,(H,18,23). The lowest BCUT2D eigenvalue weighted by Crippen LogP contribution is -2.32. The molecule has 0 aromatic carbocycles. The number of pyridine rings is 1. The highest BCUT2D eigenvalue weighted by Gasteiger charge is 2.38. The molecule has 1 amide bonds. The van der Waals surface area contributed by atoms with Gasteiger partial charge in [0.15, 0.2) is 11.1 Å². The van der Waals surface area contributed by atoms with Gasteiger partial charge < -0.3 is 9.88 Å². The van der Waals surface area contributed by atoms with Crippen LogP contribution in [0.1, 0.15) is 54.2 Å². The number of hydrogen-bond acceptors (Lipinski definition) is 4. The van der Waals surface area contributed by atoms with Crippen molar-refractivity contribution in [2.45, 2.75) is 50.7 Å². The normalized spacial score (nSPS) is 17.6. The average Bonchev–Trinajstić information content (AvgIpc) is 3.41. The molecule has 3 rings (SSSR count). The maximum Gasteiger partial charge on any atom is 0.256 e. The first-order chi connectivity index (χ1) is 11.0. The van der Waals surface area contributed by atoms with Crippen LogP contribution in [0.4, 0.5) is 0 Å². The Hall–Kier alpha value is -2.42. The second-order valence-electron chi connectivity index (χ2n) is 6.22. The van der Waals surface area contributed by atoms with Crippen LogP contribution in [0.25, 0.3) is 0 Å². The van der Waals surface area contributed by atoms with Crippen LogP contribution in [0.15, 0.2) is 27.3 Å². The second-order valence-corrected chi connectivity index (χ2v) is 6.22. The van der Waals surface area contributed by atoms with E-state index in [0.29, 0.717) is 31.8 Å². The largest absolute Gasteiger partial charge is 0.352 e. The molecule has 1 aliphatic heterocycles. The molecule has 0 saturated heterocycles. The van der Waals surface area contributed by atoms with Gasteiger partial charge in [-0.1, -0.05) is 0 Å². The number of nitrogens with one attached hydrogen (secondary N) is 1. The molecule has 1 saturated carbocycles. The van der Waals surface area contributed by atoms with Crippen molar-refractivity contribution in [2.24, 2.45) is 10.2 Å². The number of hydrogen-bond donors (Lipinski definition) is 1. The number of carbonyl (C=O) groups excluding carboxylic acids is 1. The van der Waals surface area contributed by atoms with Crippen molar-refractivity contribution in [3.63, 3.8) is 0 Å². The average molecular weight is 312 g/mol. The summed E-state index contributed by atoms with van der Waals surface area (Å²) >= 11 is 0. The molecule has 6 heteroatoms. The lowest BCUT2D eigenvalue weighted by Gasteiger charge is -2.12. The van der Waals surface area contributed by atoms with Crippen molar-refractivity contribution in [3.05, 3.63) is 33.7 Å². The van der Waals surface area contributed by atoms with Gasteiger partial charge in [0, 0.05) is 49.8 Å². The first-order valence-corrected chi connectivity index (χ1v) is 7.93. The molecule has 2 aliphatic rings. The number of carbonyl (C=O) groups is 1. The van der Waals surface area contributed by atoms with E-state index in [2.05, 4.69) is 21.5 Å². The van der Waals surface area contributed by atoms with E-state index in [1.807, 2.05) is 11.5 Å². The number of nitrogens with zero attached hydrogens (tertiary/aromatic N) is 3. The third kappa shape index (κ3) is 3.50. The molecule has 6 nitrogen and oxygen atoms in total. The van der Waals surface area contributed by atoms with Crippen molar-refractivity contribution in [1.82, 2.24) is 9.88 Å². The summed E-state index contributed by atoms with van der Waals surface area (Å²) in [6.07, 6.45) is 11.1. The molecule has 2 heterocycles. The fourth-order valence-corrected chi connectivity index (χ4v) is 2.70. The highest BCUT2D eigenvalue weighted by atomic mass is 16.2. The molecule has 0 atom stereocenters. The minimum Gasteiger partial charge on any atom is -0.352 e. The molecule has 0 radical (unpaired) electrons. The molecule has 0 spiro atoms. The molecule has 120 valence electrons. The number of terminal acetylenes is 1. The second kappa shape index (κ2) is 5.99. The number of aryl methyl sites for hydroxylation is 1. The van der Waals surface area contributed by atoms with Crippen LogP contribution < -0.4 is 10.7 Å². The molecule has 1 aromatic rings. The van der Waals surface area contributed by atoms with Crippen LogP contribution in [0.5, 0.6) is 0 Å². The summed E-state index contributed by atoms with van der Waals surface area (Å²) in [5.41, 5.74) is 0.448. The zero-order valence-electron chi connectivity index (χ0n) is 13.2. The van der Waals surface area contributed by atoms with Gasteiger partial charge in [-0.2, -0.15) is 10.2 Å². The van der Waals surface area contributed by atoms with Gasteiger partial charge in [-0.05, 0) is 19.8 Å². The Balaban J connectivity index is 1.59. The molecular formula is C17H20N4O2. The predicted octanol–water partition coefficient (Wildman–Crippen LogP) is 2.19. The van der Waals surface area contributed by atoms with Gasteiger partial charge in [-0.25, -0.2) is 0 Å². The van der Waals surface area contributed by atoms with Gasteiger partial charge >= 0.3 is 0 Å². The topological polar surface area (TPSA) is 75.8 Å². The number of aromatic nitrogens is 1. The summed E-state index contributed by atoms with van der Waals surface area (Å²) in [5, 5.41) is 10.9. The van der Waals surface area contributed by atoms with E-state index in [0.717, 1.165) is 18.5 Å². The van der Waals surface area contributed by atoms with Crippen LogP contribution in [0, 0.1) is 19.3 Å². The van der Waals surface area contributed by atoms with Gasteiger partial charge in [-0.3, -0.25) is 9.59 Å². The Bertz CT molecular complexity index is 747. The van der Waals surface area contributed by atoms with E-state index in [1.165, 1.54) is 6.07 Å². The first kappa shape index (κ1) is 15.5. The molecule has 1 aliphatic carbocycles.